The molecular formula is C29H48O3. The molecule has 0 aromatic carbocycles. The predicted molar refractivity (Wildman–Crippen MR) is 129 cm³/mol. The first-order valence-electron chi connectivity index (χ1n) is 14.1. The molecule has 0 bridgehead atoms. The number of hydrogen-bond acceptors (Lipinski definition) is 3. The number of ether oxygens (including phenoxy) is 1. The van der Waals surface area contributed by atoms with Gasteiger partial charge in [0.15, 0.2) is 0 Å². The molecule has 0 aromatic heterocycles. The molecule has 0 spiro atoms. The van der Waals surface area contributed by atoms with E-state index in [2.05, 4.69) is 20.8 Å². The van der Waals surface area contributed by atoms with Gasteiger partial charge in [-0.3, -0.25) is 9.59 Å². The second-order valence-electron chi connectivity index (χ2n) is 12.4. The Kier molecular flexibility index (Phi) is 7.72. The van der Waals surface area contributed by atoms with E-state index in [-0.39, 0.29) is 17.5 Å². The number of esters is 1. The van der Waals surface area contributed by atoms with Crippen molar-refractivity contribution in [3.63, 3.8) is 0 Å². The van der Waals surface area contributed by atoms with Crippen molar-refractivity contribution in [2.45, 2.75) is 136 Å². The molecule has 4 fully saturated rings. The fraction of sp³-hybridized carbons (Fsp3) is 0.931. The smallest absolute Gasteiger partial charge is 0.306 e. The Morgan fingerprint density at radius 1 is 0.875 bits per heavy atom. The van der Waals surface area contributed by atoms with Crippen LogP contribution in [0.25, 0.3) is 0 Å². The number of carbonyl (C=O) groups excluding carboxylic acids is 2. The summed E-state index contributed by atoms with van der Waals surface area (Å²) >= 11 is 0. The summed E-state index contributed by atoms with van der Waals surface area (Å²) in [4.78, 5) is 24.8. The Hall–Kier alpha value is -0.860. The van der Waals surface area contributed by atoms with Gasteiger partial charge in [-0.15, -0.1) is 0 Å². The Morgan fingerprint density at radius 3 is 2.38 bits per heavy atom. The zero-order valence-electron chi connectivity index (χ0n) is 21.1. The van der Waals surface area contributed by atoms with Crippen LogP contribution in [0.15, 0.2) is 0 Å². The minimum atomic E-state index is 0.0500. The Bertz CT molecular complexity index is 671. The second kappa shape index (κ2) is 10.2. The molecule has 4 aliphatic rings. The highest BCUT2D eigenvalue weighted by Gasteiger charge is 2.61. The summed E-state index contributed by atoms with van der Waals surface area (Å²) in [6, 6.07) is 0. The van der Waals surface area contributed by atoms with Crippen molar-refractivity contribution < 1.29 is 14.3 Å². The molecule has 0 aromatic rings. The van der Waals surface area contributed by atoms with Crippen LogP contribution in [0.1, 0.15) is 130 Å². The van der Waals surface area contributed by atoms with Gasteiger partial charge in [-0.25, -0.2) is 0 Å². The van der Waals surface area contributed by atoms with Crippen LogP contribution in [0.4, 0.5) is 0 Å². The van der Waals surface area contributed by atoms with Gasteiger partial charge in [0.05, 0.1) is 0 Å². The molecule has 182 valence electrons. The number of rotatable bonds is 9. The molecule has 4 saturated carbocycles. The summed E-state index contributed by atoms with van der Waals surface area (Å²) in [6.45, 7) is 7.20. The van der Waals surface area contributed by atoms with Crippen LogP contribution in [0.3, 0.4) is 0 Å². The van der Waals surface area contributed by atoms with Gasteiger partial charge >= 0.3 is 5.97 Å². The quantitative estimate of drug-likeness (QED) is 0.271. The topological polar surface area (TPSA) is 43.4 Å². The molecule has 4 rings (SSSR count). The van der Waals surface area contributed by atoms with E-state index >= 15 is 0 Å². The van der Waals surface area contributed by atoms with E-state index in [1.165, 1.54) is 64.2 Å². The lowest BCUT2D eigenvalue weighted by Gasteiger charge is -2.60. The first kappa shape index (κ1) is 24.3. The third kappa shape index (κ3) is 4.69. The maximum Gasteiger partial charge on any atom is 0.306 e. The number of unbranched alkanes of at least 4 members (excludes halogenated alkanes) is 6. The molecule has 7 unspecified atom stereocenters. The average molecular weight is 445 g/mol. The summed E-state index contributed by atoms with van der Waals surface area (Å²) in [5.41, 5.74) is 0.536. The molecular weight excluding hydrogens is 396 g/mol. The van der Waals surface area contributed by atoms with Crippen molar-refractivity contribution in [3.05, 3.63) is 0 Å². The molecule has 3 heteroatoms. The van der Waals surface area contributed by atoms with E-state index in [0.717, 1.165) is 50.4 Å². The molecule has 0 amide bonds. The van der Waals surface area contributed by atoms with E-state index in [0.29, 0.717) is 29.5 Å². The summed E-state index contributed by atoms with van der Waals surface area (Å²) in [7, 11) is 0. The van der Waals surface area contributed by atoms with Crippen molar-refractivity contribution in [3.8, 4) is 0 Å². The first-order valence-corrected chi connectivity index (χ1v) is 14.1. The van der Waals surface area contributed by atoms with Crippen LogP contribution in [0, 0.1) is 34.5 Å². The van der Waals surface area contributed by atoms with E-state index in [9.17, 15) is 9.59 Å². The fourth-order valence-electron chi connectivity index (χ4n) is 8.63. The zero-order chi connectivity index (χ0) is 22.8. The van der Waals surface area contributed by atoms with Gasteiger partial charge in [0.2, 0.25) is 0 Å². The van der Waals surface area contributed by atoms with E-state index in [1.807, 2.05) is 0 Å². The zero-order valence-corrected chi connectivity index (χ0v) is 21.1. The van der Waals surface area contributed by atoms with Crippen molar-refractivity contribution in [2.24, 2.45) is 34.5 Å². The highest BCUT2D eigenvalue weighted by molar-refractivity contribution is 5.79. The lowest BCUT2D eigenvalue weighted by atomic mass is 9.45. The highest BCUT2D eigenvalue weighted by atomic mass is 16.5. The van der Waals surface area contributed by atoms with Gasteiger partial charge < -0.3 is 4.74 Å². The van der Waals surface area contributed by atoms with E-state index < -0.39 is 0 Å². The predicted octanol–water partition coefficient (Wildman–Crippen LogP) is 7.65. The average Bonchev–Trinajstić information content (AvgIpc) is 3.10. The van der Waals surface area contributed by atoms with E-state index in [1.54, 1.807) is 0 Å². The van der Waals surface area contributed by atoms with E-state index in [4.69, 9.17) is 4.74 Å². The third-order valence-corrected chi connectivity index (χ3v) is 10.7. The second-order valence-corrected chi connectivity index (χ2v) is 12.4. The number of fused-ring (bicyclic) bond motifs is 5. The number of ketones is 1. The van der Waals surface area contributed by atoms with Crippen molar-refractivity contribution >= 4 is 11.8 Å². The minimum Gasteiger partial charge on any atom is -0.462 e. The Morgan fingerprint density at radius 2 is 1.59 bits per heavy atom. The van der Waals surface area contributed by atoms with Crippen molar-refractivity contribution in [1.29, 1.82) is 0 Å². The molecule has 4 aliphatic carbocycles. The summed E-state index contributed by atoms with van der Waals surface area (Å²) in [6.07, 6.45) is 19.4. The van der Waals surface area contributed by atoms with Crippen molar-refractivity contribution in [2.75, 3.05) is 0 Å². The van der Waals surface area contributed by atoms with Crippen LogP contribution in [0.2, 0.25) is 0 Å². The number of carbonyl (C=O) groups is 2. The molecule has 0 N–H and O–H groups in total. The molecule has 32 heavy (non-hydrogen) atoms. The Balaban J connectivity index is 1.29. The van der Waals surface area contributed by atoms with Crippen molar-refractivity contribution in [1.82, 2.24) is 0 Å². The Labute approximate surface area is 196 Å². The van der Waals surface area contributed by atoms with Gasteiger partial charge in [0.25, 0.3) is 0 Å². The molecule has 0 saturated heterocycles. The van der Waals surface area contributed by atoms with Crippen LogP contribution < -0.4 is 0 Å². The summed E-state index contributed by atoms with van der Waals surface area (Å²) in [5, 5.41) is 0. The van der Waals surface area contributed by atoms with Crippen LogP contribution in [0.5, 0.6) is 0 Å². The number of Topliss-reactive ketones (excluding diaryl/α,β-unsaturated/α-hetero) is 1. The monoisotopic (exact) mass is 444 g/mol. The van der Waals surface area contributed by atoms with Gasteiger partial charge in [-0.05, 0) is 80.5 Å². The maximum atomic E-state index is 12.6. The highest BCUT2D eigenvalue weighted by Crippen LogP contribution is 2.66. The maximum absolute atomic E-state index is 12.6. The first-order chi connectivity index (χ1) is 15.4. The summed E-state index contributed by atoms with van der Waals surface area (Å²) < 4.78 is 6.17. The third-order valence-electron chi connectivity index (χ3n) is 10.7. The fourth-order valence-corrected chi connectivity index (χ4v) is 8.63. The van der Waals surface area contributed by atoms with Gasteiger partial charge in [0, 0.05) is 24.7 Å². The van der Waals surface area contributed by atoms with Gasteiger partial charge in [-0.2, -0.15) is 0 Å². The molecule has 0 heterocycles. The van der Waals surface area contributed by atoms with Gasteiger partial charge in [-0.1, -0.05) is 59.3 Å². The lowest BCUT2D eigenvalue weighted by molar-refractivity contribution is -0.164. The number of hydrogen-bond donors (Lipinski definition) is 0. The summed E-state index contributed by atoms with van der Waals surface area (Å²) in [5.74, 6) is 3.42. The largest absolute Gasteiger partial charge is 0.462 e. The minimum absolute atomic E-state index is 0.0500. The molecule has 0 aliphatic heterocycles. The van der Waals surface area contributed by atoms with Crippen LogP contribution in [-0.4, -0.2) is 17.9 Å². The molecule has 0 radical (unpaired) electrons. The normalized spacial score (nSPS) is 41.0. The SMILES string of the molecule is CCCCCCCCCC(=O)OC1CCC2C3CCC4CC(=O)CCC4(C)C3CCC12C. The van der Waals surface area contributed by atoms with Gasteiger partial charge in [0.1, 0.15) is 11.9 Å². The molecule has 3 nitrogen and oxygen atoms in total. The van der Waals surface area contributed by atoms with Crippen LogP contribution in [-0.2, 0) is 14.3 Å². The lowest BCUT2D eigenvalue weighted by Crippen LogP contribution is -2.54. The standard InChI is InChI=1S/C29H48O3/c1-4-5-6-7-8-9-10-11-27(31)32-26-15-14-24-23-13-12-21-20-22(30)16-18-28(21,2)25(23)17-19-29(24,26)3/h21,23-26H,4-20H2,1-3H3. The van der Waals surface area contributed by atoms with Crippen LogP contribution >= 0.6 is 0 Å². The molecule has 7 atom stereocenters.